The predicted molar refractivity (Wildman–Crippen MR) is 111 cm³/mol. The first-order valence-electron chi connectivity index (χ1n) is 9.10. The van der Waals surface area contributed by atoms with Crippen LogP contribution in [0.5, 0.6) is 0 Å². The third kappa shape index (κ3) is 4.47. The Hall–Kier alpha value is -2.96. The fourth-order valence-electron chi connectivity index (χ4n) is 2.94. The maximum Gasteiger partial charge on any atom is 0.214 e. The zero-order valence-electron chi connectivity index (χ0n) is 15.3. The largest absolute Gasteiger partial charge is 0.368 e. The molecule has 0 aliphatic heterocycles. The van der Waals surface area contributed by atoms with E-state index < -0.39 is 0 Å². The second kappa shape index (κ2) is 9.30. The minimum atomic E-state index is -0.0897. The standard InChI is InChI=1S/C22H20N4OS/c1-4-10-18(11-5-1)21(19-12-6-2-7-13-19)27-16-17-28-22-23-24-25-26(22)20-14-8-3-9-15-20/h1-15,21H,16-17H2. The SMILES string of the molecule is c1ccc(C(OCCSc2nnnn2-c2ccccc2)c2ccccc2)cc1. The minimum absolute atomic E-state index is 0.0897. The van der Waals surface area contributed by atoms with Crippen molar-refractivity contribution in [1.82, 2.24) is 20.2 Å². The Kier molecular flexibility index (Phi) is 6.11. The van der Waals surface area contributed by atoms with Crippen molar-refractivity contribution in [2.45, 2.75) is 11.3 Å². The Bertz CT molecular complexity index is 938. The zero-order chi connectivity index (χ0) is 19.0. The topological polar surface area (TPSA) is 52.8 Å². The molecule has 0 saturated heterocycles. The third-order valence-electron chi connectivity index (χ3n) is 4.25. The highest BCUT2D eigenvalue weighted by Gasteiger charge is 2.15. The maximum atomic E-state index is 6.26. The molecule has 5 nitrogen and oxygen atoms in total. The van der Waals surface area contributed by atoms with E-state index in [9.17, 15) is 0 Å². The van der Waals surface area contributed by atoms with Crippen molar-refractivity contribution in [1.29, 1.82) is 0 Å². The number of nitrogens with zero attached hydrogens (tertiary/aromatic N) is 4. The molecule has 4 aromatic rings. The minimum Gasteiger partial charge on any atom is -0.368 e. The number of ether oxygens (including phenoxy) is 1. The van der Waals surface area contributed by atoms with E-state index in [1.807, 2.05) is 66.7 Å². The van der Waals surface area contributed by atoms with E-state index in [0.717, 1.165) is 27.7 Å². The van der Waals surface area contributed by atoms with Gasteiger partial charge in [0.1, 0.15) is 6.10 Å². The van der Waals surface area contributed by atoms with E-state index in [1.165, 1.54) is 0 Å². The molecule has 0 aliphatic rings. The van der Waals surface area contributed by atoms with Crippen LogP contribution in [0.4, 0.5) is 0 Å². The van der Waals surface area contributed by atoms with Crippen molar-refractivity contribution in [3.63, 3.8) is 0 Å². The smallest absolute Gasteiger partial charge is 0.214 e. The van der Waals surface area contributed by atoms with Crippen molar-refractivity contribution in [2.24, 2.45) is 0 Å². The molecule has 0 N–H and O–H groups in total. The summed E-state index contributed by atoms with van der Waals surface area (Å²) >= 11 is 1.58. The van der Waals surface area contributed by atoms with Gasteiger partial charge < -0.3 is 4.74 Å². The molecule has 3 aromatic carbocycles. The van der Waals surface area contributed by atoms with E-state index in [1.54, 1.807) is 16.4 Å². The highest BCUT2D eigenvalue weighted by molar-refractivity contribution is 7.99. The van der Waals surface area contributed by atoms with Crippen LogP contribution in [0.15, 0.2) is 96.2 Å². The summed E-state index contributed by atoms with van der Waals surface area (Å²) in [5.41, 5.74) is 3.24. The van der Waals surface area contributed by atoms with Gasteiger partial charge in [-0.05, 0) is 33.7 Å². The summed E-state index contributed by atoms with van der Waals surface area (Å²) in [7, 11) is 0. The molecule has 28 heavy (non-hydrogen) atoms. The first kappa shape index (κ1) is 18.4. The highest BCUT2D eigenvalue weighted by Crippen LogP contribution is 2.26. The summed E-state index contributed by atoms with van der Waals surface area (Å²) in [6.07, 6.45) is -0.0897. The Labute approximate surface area is 168 Å². The van der Waals surface area contributed by atoms with E-state index in [4.69, 9.17) is 4.74 Å². The third-order valence-corrected chi connectivity index (χ3v) is 5.13. The molecule has 0 saturated carbocycles. The van der Waals surface area contributed by atoms with Crippen LogP contribution in [0, 0.1) is 0 Å². The van der Waals surface area contributed by atoms with Crippen LogP contribution in [-0.2, 0) is 4.74 Å². The Morgan fingerprint density at radius 3 is 1.96 bits per heavy atom. The Balaban J connectivity index is 1.41. The molecule has 6 heteroatoms. The van der Waals surface area contributed by atoms with Crippen molar-refractivity contribution in [3.05, 3.63) is 102 Å². The average molecular weight is 388 g/mol. The number of hydrogen-bond acceptors (Lipinski definition) is 5. The van der Waals surface area contributed by atoms with Crippen LogP contribution in [-0.4, -0.2) is 32.6 Å². The van der Waals surface area contributed by atoms with Gasteiger partial charge in [0.2, 0.25) is 5.16 Å². The summed E-state index contributed by atoms with van der Waals surface area (Å²) in [5.74, 6) is 0.753. The van der Waals surface area contributed by atoms with E-state index in [0.29, 0.717) is 6.61 Å². The molecule has 0 atom stereocenters. The lowest BCUT2D eigenvalue weighted by atomic mass is 10.0. The molecule has 1 aromatic heterocycles. The van der Waals surface area contributed by atoms with E-state index >= 15 is 0 Å². The lowest BCUT2D eigenvalue weighted by Gasteiger charge is -2.19. The maximum absolute atomic E-state index is 6.26. The van der Waals surface area contributed by atoms with Crippen molar-refractivity contribution >= 4 is 11.8 Å². The Morgan fingerprint density at radius 2 is 1.36 bits per heavy atom. The molecule has 1 heterocycles. The number of para-hydroxylation sites is 1. The van der Waals surface area contributed by atoms with Gasteiger partial charge in [-0.2, -0.15) is 4.68 Å². The van der Waals surface area contributed by atoms with Crippen LogP contribution in [0.2, 0.25) is 0 Å². The predicted octanol–water partition coefficient (Wildman–Crippen LogP) is 4.56. The lowest BCUT2D eigenvalue weighted by molar-refractivity contribution is 0.0935. The van der Waals surface area contributed by atoms with E-state index in [2.05, 4.69) is 39.8 Å². The number of aromatic nitrogens is 4. The molecule has 140 valence electrons. The first-order chi connectivity index (χ1) is 13.9. The summed E-state index contributed by atoms with van der Waals surface area (Å²) in [6.45, 7) is 0.584. The van der Waals surface area contributed by atoms with E-state index in [-0.39, 0.29) is 6.10 Å². The van der Waals surface area contributed by atoms with Crippen LogP contribution in [0.1, 0.15) is 17.2 Å². The van der Waals surface area contributed by atoms with Gasteiger partial charge in [0.15, 0.2) is 0 Å². The van der Waals surface area contributed by atoms with Gasteiger partial charge in [-0.3, -0.25) is 0 Å². The number of rotatable bonds is 8. The second-order valence-corrected chi connectivity index (χ2v) is 7.19. The van der Waals surface area contributed by atoms with Crippen LogP contribution in [0.25, 0.3) is 5.69 Å². The van der Waals surface area contributed by atoms with Crippen molar-refractivity contribution in [2.75, 3.05) is 12.4 Å². The molecule has 4 rings (SSSR count). The van der Waals surface area contributed by atoms with Gasteiger partial charge in [-0.15, -0.1) is 5.10 Å². The van der Waals surface area contributed by atoms with Crippen molar-refractivity contribution < 1.29 is 4.74 Å². The molecule has 0 bridgehead atoms. The molecule has 0 fully saturated rings. The molecule has 0 aliphatic carbocycles. The number of thioether (sulfide) groups is 1. The van der Waals surface area contributed by atoms with Crippen LogP contribution < -0.4 is 0 Å². The second-order valence-electron chi connectivity index (χ2n) is 6.13. The molecule has 0 radical (unpaired) electrons. The average Bonchev–Trinajstić information content (AvgIpc) is 3.24. The van der Waals surface area contributed by atoms with Crippen LogP contribution >= 0.6 is 11.8 Å². The van der Waals surface area contributed by atoms with Crippen LogP contribution in [0.3, 0.4) is 0 Å². The fraction of sp³-hybridized carbons (Fsp3) is 0.136. The zero-order valence-corrected chi connectivity index (χ0v) is 16.1. The summed E-state index contributed by atoms with van der Waals surface area (Å²) in [4.78, 5) is 0. The summed E-state index contributed by atoms with van der Waals surface area (Å²) in [6, 6.07) is 30.5. The summed E-state index contributed by atoms with van der Waals surface area (Å²) < 4.78 is 8.01. The van der Waals surface area contributed by atoms with Gasteiger partial charge in [-0.25, -0.2) is 0 Å². The lowest BCUT2D eigenvalue weighted by Crippen LogP contribution is -2.09. The summed E-state index contributed by atoms with van der Waals surface area (Å²) in [5, 5.41) is 12.8. The number of tetrazole rings is 1. The molecule has 0 amide bonds. The van der Waals surface area contributed by atoms with Gasteiger partial charge in [-0.1, -0.05) is 90.6 Å². The quantitative estimate of drug-likeness (QED) is 0.327. The number of benzene rings is 3. The van der Waals surface area contributed by atoms with Gasteiger partial charge in [0.05, 0.1) is 12.3 Å². The monoisotopic (exact) mass is 388 g/mol. The molecule has 0 spiro atoms. The highest BCUT2D eigenvalue weighted by atomic mass is 32.2. The molecule has 0 unspecified atom stereocenters. The Morgan fingerprint density at radius 1 is 0.786 bits per heavy atom. The molecular weight excluding hydrogens is 368 g/mol. The van der Waals surface area contributed by atoms with Gasteiger partial charge >= 0.3 is 0 Å². The van der Waals surface area contributed by atoms with Gasteiger partial charge in [0.25, 0.3) is 0 Å². The normalized spacial score (nSPS) is 11.0. The van der Waals surface area contributed by atoms with Gasteiger partial charge in [0, 0.05) is 5.75 Å². The fourth-order valence-corrected chi connectivity index (χ4v) is 3.66. The molecular formula is C22H20N4OS. The van der Waals surface area contributed by atoms with Crippen molar-refractivity contribution in [3.8, 4) is 5.69 Å². The number of hydrogen-bond donors (Lipinski definition) is 0. The first-order valence-corrected chi connectivity index (χ1v) is 10.1.